The molecule has 0 saturated carbocycles. The Balaban J connectivity index is 1.62. The van der Waals surface area contributed by atoms with Crippen molar-refractivity contribution in [3.05, 3.63) is 76.6 Å². The summed E-state index contributed by atoms with van der Waals surface area (Å²) in [6.45, 7) is 2.41. The fourth-order valence-electron chi connectivity index (χ4n) is 2.43. The van der Waals surface area contributed by atoms with Crippen LogP contribution in [0.3, 0.4) is 0 Å². The SMILES string of the molecule is COc1ccccc1CNc1ncc(C(=O)Nc2ccc(C)c(Cl)c2)cn1. The van der Waals surface area contributed by atoms with Gasteiger partial charge < -0.3 is 15.4 Å². The lowest BCUT2D eigenvalue weighted by Gasteiger charge is -2.10. The van der Waals surface area contributed by atoms with Gasteiger partial charge in [-0.1, -0.05) is 35.9 Å². The van der Waals surface area contributed by atoms with Crippen LogP contribution in [-0.2, 0) is 6.54 Å². The highest BCUT2D eigenvalue weighted by Gasteiger charge is 2.09. The molecule has 0 aliphatic carbocycles. The predicted molar refractivity (Wildman–Crippen MR) is 106 cm³/mol. The van der Waals surface area contributed by atoms with Gasteiger partial charge in [-0.2, -0.15) is 0 Å². The van der Waals surface area contributed by atoms with Crippen molar-refractivity contribution in [2.75, 3.05) is 17.7 Å². The van der Waals surface area contributed by atoms with Gasteiger partial charge >= 0.3 is 0 Å². The summed E-state index contributed by atoms with van der Waals surface area (Å²) in [5, 5.41) is 6.49. The smallest absolute Gasteiger partial charge is 0.258 e. The van der Waals surface area contributed by atoms with E-state index in [-0.39, 0.29) is 5.91 Å². The third kappa shape index (κ3) is 4.74. The maximum atomic E-state index is 12.3. The summed E-state index contributed by atoms with van der Waals surface area (Å²) in [6, 6.07) is 13.0. The number of ether oxygens (including phenoxy) is 1. The zero-order valence-electron chi connectivity index (χ0n) is 15.0. The second kappa shape index (κ2) is 8.51. The number of carbonyl (C=O) groups excluding carboxylic acids is 1. The Morgan fingerprint density at radius 1 is 1.15 bits per heavy atom. The molecule has 0 aliphatic heterocycles. The molecule has 2 N–H and O–H groups in total. The Bertz CT molecular complexity index is 945. The molecule has 0 radical (unpaired) electrons. The average Bonchev–Trinajstić information content (AvgIpc) is 2.69. The molecule has 6 nitrogen and oxygen atoms in total. The Morgan fingerprint density at radius 2 is 1.89 bits per heavy atom. The zero-order valence-corrected chi connectivity index (χ0v) is 15.7. The summed E-state index contributed by atoms with van der Waals surface area (Å²) >= 11 is 6.08. The van der Waals surface area contributed by atoms with Gasteiger partial charge in [0.2, 0.25) is 5.95 Å². The number of nitrogens with one attached hydrogen (secondary N) is 2. The summed E-state index contributed by atoms with van der Waals surface area (Å²) in [4.78, 5) is 20.7. The number of rotatable bonds is 6. The molecule has 1 amide bonds. The molecule has 0 unspecified atom stereocenters. The lowest BCUT2D eigenvalue weighted by Crippen LogP contribution is -2.13. The maximum absolute atomic E-state index is 12.3. The number of nitrogens with zero attached hydrogens (tertiary/aromatic N) is 2. The van der Waals surface area contributed by atoms with Crippen LogP contribution in [0, 0.1) is 6.92 Å². The maximum Gasteiger partial charge on any atom is 0.258 e. The Hall–Kier alpha value is -3.12. The summed E-state index contributed by atoms with van der Waals surface area (Å²) < 4.78 is 5.31. The fourth-order valence-corrected chi connectivity index (χ4v) is 2.61. The minimum atomic E-state index is -0.300. The van der Waals surface area contributed by atoms with Crippen LogP contribution in [0.2, 0.25) is 5.02 Å². The molecule has 0 bridgehead atoms. The fraction of sp³-hybridized carbons (Fsp3) is 0.150. The normalized spacial score (nSPS) is 10.3. The van der Waals surface area contributed by atoms with Crippen molar-refractivity contribution in [1.82, 2.24) is 9.97 Å². The number of hydrogen-bond donors (Lipinski definition) is 2. The van der Waals surface area contributed by atoms with Gasteiger partial charge in [0.15, 0.2) is 0 Å². The van der Waals surface area contributed by atoms with E-state index < -0.39 is 0 Å². The van der Waals surface area contributed by atoms with Crippen LogP contribution in [0.1, 0.15) is 21.5 Å². The van der Waals surface area contributed by atoms with Gasteiger partial charge in [-0.15, -0.1) is 0 Å². The standard InChI is InChI=1S/C20H19ClN4O2/c1-13-7-8-16(9-17(13)21)25-19(26)15-11-23-20(24-12-15)22-10-14-5-3-4-6-18(14)27-2/h3-9,11-12H,10H2,1-2H3,(H,25,26)(H,22,23,24). The van der Waals surface area contributed by atoms with Crippen LogP contribution in [0.4, 0.5) is 11.6 Å². The van der Waals surface area contributed by atoms with Crippen LogP contribution in [-0.4, -0.2) is 23.0 Å². The van der Waals surface area contributed by atoms with Crippen molar-refractivity contribution >= 4 is 29.1 Å². The lowest BCUT2D eigenvalue weighted by atomic mass is 10.2. The number of benzene rings is 2. The van der Waals surface area contributed by atoms with Gasteiger partial charge in [0.05, 0.1) is 12.7 Å². The van der Waals surface area contributed by atoms with Crippen molar-refractivity contribution < 1.29 is 9.53 Å². The number of anilines is 2. The number of amides is 1. The van der Waals surface area contributed by atoms with Crippen molar-refractivity contribution in [2.24, 2.45) is 0 Å². The molecule has 1 heterocycles. The molecule has 0 spiro atoms. The predicted octanol–water partition coefficient (Wildman–Crippen LogP) is 4.31. The molecule has 3 aromatic rings. The van der Waals surface area contributed by atoms with Crippen LogP contribution in [0.25, 0.3) is 0 Å². The largest absolute Gasteiger partial charge is 0.496 e. The van der Waals surface area contributed by atoms with E-state index in [1.807, 2.05) is 37.3 Å². The van der Waals surface area contributed by atoms with E-state index in [1.165, 1.54) is 12.4 Å². The summed E-state index contributed by atoms with van der Waals surface area (Å²) in [5.41, 5.74) is 2.91. The highest BCUT2D eigenvalue weighted by molar-refractivity contribution is 6.31. The quantitative estimate of drug-likeness (QED) is 0.664. The van der Waals surface area contributed by atoms with E-state index in [1.54, 1.807) is 19.2 Å². The van der Waals surface area contributed by atoms with E-state index in [0.717, 1.165) is 16.9 Å². The van der Waals surface area contributed by atoms with Crippen LogP contribution in [0.15, 0.2) is 54.9 Å². The first-order valence-electron chi connectivity index (χ1n) is 8.32. The van der Waals surface area contributed by atoms with Gasteiger partial charge in [-0.3, -0.25) is 4.79 Å². The molecule has 2 aromatic carbocycles. The highest BCUT2D eigenvalue weighted by atomic mass is 35.5. The van der Waals surface area contributed by atoms with Gasteiger partial charge in [0.1, 0.15) is 5.75 Å². The molecule has 0 aliphatic rings. The van der Waals surface area contributed by atoms with E-state index in [4.69, 9.17) is 16.3 Å². The van der Waals surface area contributed by atoms with E-state index in [2.05, 4.69) is 20.6 Å². The highest BCUT2D eigenvalue weighted by Crippen LogP contribution is 2.21. The van der Waals surface area contributed by atoms with E-state index in [0.29, 0.717) is 28.8 Å². The third-order valence-corrected chi connectivity index (χ3v) is 4.38. The van der Waals surface area contributed by atoms with Crippen molar-refractivity contribution in [3.63, 3.8) is 0 Å². The van der Waals surface area contributed by atoms with E-state index in [9.17, 15) is 4.79 Å². The number of methoxy groups -OCH3 is 1. The molecule has 7 heteroatoms. The molecule has 1 aromatic heterocycles. The number of hydrogen-bond acceptors (Lipinski definition) is 5. The van der Waals surface area contributed by atoms with Crippen molar-refractivity contribution in [2.45, 2.75) is 13.5 Å². The van der Waals surface area contributed by atoms with Crippen molar-refractivity contribution in [3.8, 4) is 5.75 Å². The molecule has 27 heavy (non-hydrogen) atoms. The second-order valence-corrected chi connectivity index (χ2v) is 6.29. The molecular formula is C20H19ClN4O2. The Labute approximate surface area is 162 Å². The van der Waals surface area contributed by atoms with Crippen LogP contribution in [0.5, 0.6) is 5.75 Å². The first kappa shape index (κ1) is 18.7. The number of aryl methyl sites for hydroxylation is 1. The van der Waals surface area contributed by atoms with Gasteiger partial charge in [0, 0.05) is 35.2 Å². The number of halogens is 1. The average molecular weight is 383 g/mol. The molecule has 0 fully saturated rings. The molecule has 0 atom stereocenters. The molecular weight excluding hydrogens is 364 g/mol. The number of carbonyl (C=O) groups is 1. The first-order chi connectivity index (χ1) is 13.1. The number of aromatic nitrogens is 2. The van der Waals surface area contributed by atoms with Crippen LogP contribution < -0.4 is 15.4 Å². The molecule has 0 saturated heterocycles. The summed E-state index contributed by atoms with van der Waals surface area (Å²) in [5.74, 6) is 0.916. The summed E-state index contributed by atoms with van der Waals surface area (Å²) in [7, 11) is 1.63. The minimum absolute atomic E-state index is 0.300. The summed E-state index contributed by atoms with van der Waals surface area (Å²) in [6.07, 6.45) is 2.95. The first-order valence-corrected chi connectivity index (χ1v) is 8.70. The topological polar surface area (TPSA) is 76.1 Å². The molecule has 138 valence electrons. The van der Waals surface area contributed by atoms with E-state index >= 15 is 0 Å². The minimum Gasteiger partial charge on any atom is -0.496 e. The zero-order chi connectivity index (χ0) is 19.2. The van der Waals surface area contributed by atoms with Gasteiger partial charge in [-0.05, 0) is 30.7 Å². The monoisotopic (exact) mass is 382 g/mol. The molecule has 3 rings (SSSR count). The Morgan fingerprint density at radius 3 is 2.59 bits per heavy atom. The van der Waals surface area contributed by atoms with Gasteiger partial charge in [0.25, 0.3) is 5.91 Å². The van der Waals surface area contributed by atoms with Crippen molar-refractivity contribution in [1.29, 1.82) is 0 Å². The van der Waals surface area contributed by atoms with Crippen LogP contribution >= 0.6 is 11.6 Å². The van der Waals surface area contributed by atoms with Gasteiger partial charge in [-0.25, -0.2) is 9.97 Å². The third-order valence-electron chi connectivity index (χ3n) is 3.97. The second-order valence-electron chi connectivity index (χ2n) is 5.88. The Kier molecular flexibility index (Phi) is 5.88. The lowest BCUT2D eigenvalue weighted by molar-refractivity contribution is 0.102. The number of para-hydroxylation sites is 1.